The number of halogens is 1. The van der Waals surface area contributed by atoms with Crippen molar-refractivity contribution in [3.8, 4) is 11.5 Å². The van der Waals surface area contributed by atoms with Crippen LogP contribution in [-0.2, 0) is 6.61 Å². The topological polar surface area (TPSA) is 103 Å². The second kappa shape index (κ2) is 10.2. The molecule has 31 heavy (non-hydrogen) atoms. The van der Waals surface area contributed by atoms with Gasteiger partial charge in [-0.15, -0.1) is 0 Å². The Bertz CT molecular complexity index is 1120. The highest BCUT2D eigenvalue weighted by Crippen LogP contribution is 2.28. The van der Waals surface area contributed by atoms with Gasteiger partial charge in [0.25, 0.3) is 11.6 Å². The average molecular weight is 440 g/mol. The van der Waals surface area contributed by atoms with Crippen molar-refractivity contribution in [2.45, 2.75) is 6.61 Å². The number of para-hydroxylation sites is 1. The van der Waals surface area contributed by atoms with Crippen LogP contribution in [0.5, 0.6) is 11.5 Å². The zero-order valence-electron chi connectivity index (χ0n) is 16.4. The first-order chi connectivity index (χ1) is 15.0. The molecule has 0 bridgehead atoms. The van der Waals surface area contributed by atoms with Crippen molar-refractivity contribution in [2.24, 2.45) is 5.10 Å². The summed E-state index contributed by atoms with van der Waals surface area (Å²) >= 11 is 5.88. The van der Waals surface area contributed by atoms with Gasteiger partial charge in [0, 0.05) is 11.1 Å². The van der Waals surface area contributed by atoms with Gasteiger partial charge >= 0.3 is 0 Å². The largest absolute Gasteiger partial charge is 0.493 e. The molecule has 0 aromatic heterocycles. The normalized spacial score (nSPS) is 10.6. The van der Waals surface area contributed by atoms with Crippen molar-refractivity contribution in [3.05, 3.63) is 98.6 Å². The lowest BCUT2D eigenvalue weighted by atomic mass is 10.2. The lowest BCUT2D eigenvalue weighted by Crippen LogP contribution is -2.18. The second-order valence-corrected chi connectivity index (χ2v) is 6.74. The van der Waals surface area contributed by atoms with Crippen molar-refractivity contribution in [1.29, 1.82) is 0 Å². The van der Waals surface area contributed by atoms with Gasteiger partial charge in [-0.1, -0.05) is 35.9 Å². The van der Waals surface area contributed by atoms with E-state index in [0.717, 1.165) is 5.56 Å². The average Bonchev–Trinajstić information content (AvgIpc) is 2.79. The monoisotopic (exact) mass is 439 g/mol. The standard InChI is InChI=1S/C22H18ClN3O5/c1-30-21-12-16(8-11-20(21)31-14-15-6-9-17(23)10-7-15)13-24-25-22(27)18-4-2-3-5-19(18)26(28)29/h2-13H,14H2,1H3,(H,25,27)/b24-13-. The lowest BCUT2D eigenvalue weighted by molar-refractivity contribution is -0.385. The first-order valence-electron chi connectivity index (χ1n) is 9.10. The number of ether oxygens (including phenoxy) is 2. The molecule has 3 rings (SSSR count). The Balaban J connectivity index is 1.65. The molecule has 0 aliphatic rings. The Morgan fingerprint density at radius 1 is 1.13 bits per heavy atom. The number of rotatable bonds is 8. The van der Waals surface area contributed by atoms with Gasteiger partial charge in [-0.05, 0) is 47.5 Å². The number of methoxy groups -OCH3 is 1. The maximum atomic E-state index is 12.2. The summed E-state index contributed by atoms with van der Waals surface area (Å²) in [5, 5.41) is 15.6. The van der Waals surface area contributed by atoms with Crippen LogP contribution in [0, 0.1) is 10.1 Å². The number of amides is 1. The van der Waals surface area contributed by atoms with Crippen LogP contribution in [-0.4, -0.2) is 24.2 Å². The van der Waals surface area contributed by atoms with Crippen molar-refractivity contribution in [2.75, 3.05) is 7.11 Å². The summed E-state index contributed by atoms with van der Waals surface area (Å²) in [4.78, 5) is 22.6. The summed E-state index contributed by atoms with van der Waals surface area (Å²) in [6.07, 6.45) is 1.40. The highest BCUT2D eigenvalue weighted by Gasteiger charge is 2.18. The van der Waals surface area contributed by atoms with Crippen molar-refractivity contribution in [3.63, 3.8) is 0 Å². The minimum absolute atomic E-state index is 0.0758. The first-order valence-corrected chi connectivity index (χ1v) is 9.48. The molecule has 0 heterocycles. The van der Waals surface area contributed by atoms with Crippen LogP contribution in [0.4, 0.5) is 5.69 Å². The fourth-order valence-electron chi connectivity index (χ4n) is 2.68. The molecule has 3 aromatic carbocycles. The van der Waals surface area contributed by atoms with Crippen LogP contribution in [0.25, 0.3) is 0 Å². The van der Waals surface area contributed by atoms with Gasteiger partial charge in [0.2, 0.25) is 0 Å². The molecule has 0 saturated carbocycles. The first kappa shape index (κ1) is 21.8. The molecule has 0 atom stereocenters. The summed E-state index contributed by atoms with van der Waals surface area (Å²) in [6.45, 7) is 0.340. The molecular weight excluding hydrogens is 422 g/mol. The molecule has 3 aromatic rings. The van der Waals surface area contributed by atoms with Gasteiger partial charge in [-0.25, -0.2) is 5.43 Å². The predicted octanol–water partition coefficient (Wildman–Crippen LogP) is 4.60. The van der Waals surface area contributed by atoms with E-state index in [4.69, 9.17) is 21.1 Å². The van der Waals surface area contributed by atoms with E-state index in [1.165, 1.54) is 31.5 Å². The summed E-state index contributed by atoms with van der Waals surface area (Å²) < 4.78 is 11.2. The zero-order valence-corrected chi connectivity index (χ0v) is 17.2. The minimum Gasteiger partial charge on any atom is -0.493 e. The highest BCUT2D eigenvalue weighted by molar-refractivity contribution is 6.30. The maximum absolute atomic E-state index is 12.2. The van der Waals surface area contributed by atoms with E-state index in [-0.39, 0.29) is 11.3 Å². The number of benzene rings is 3. The van der Waals surface area contributed by atoms with E-state index in [1.54, 1.807) is 36.4 Å². The fourth-order valence-corrected chi connectivity index (χ4v) is 2.80. The van der Waals surface area contributed by atoms with Crippen LogP contribution in [0.2, 0.25) is 5.02 Å². The highest BCUT2D eigenvalue weighted by atomic mass is 35.5. The zero-order chi connectivity index (χ0) is 22.2. The van der Waals surface area contributed by atoms with Crippen LogP contribution in [0.3, 0.4) is 0 Å². The molecular formula is C22H18ClN3O5. The number of carbonyl (C=O) groups excluding carboxylic acids is 1. The second-order valence-electron chi connectivity index (χ2n) is 6.30. The van der Waals surface area contributed by atoms with Crippen molar-refractivity contribution in [1.82, 2.24) is 5.43 Å². The minimum atomic E-state index is -0.682. The van der Waals surface area contributed by atoms with Gasteiger partial charge in [0.15, 0.2) is 11.5 Å². The third-order valence-electron chi connectivity index (χ3n) is 4.22. The van der Waals surface area contributed by atoms with E-state index in [9.17, 15) is 14.9 Å². The van der Waals surface area contributed by atoms with Crippen LogP contribution >= 0.6 is 11.6 Å². The summed E-state index contributed by atoms with van der Waals surface area (Å²) in [5.41, 5.74) is 3.51. The lowest BCUT2D eigenvalue weighted by Gasteiger charge is -2.11. The summed E-state index contributed by atoms with van der Waals surface area (Å²) in [7, 11) is 1.52. The van der Waals surface area contributed by atoms with E-state index in [2.05, 4.69) is 10.5 Å². The van der Waals surface area contributed by atoms with Gasteiger partial charge in [-0.3, -0.25) is 14.9 Å². The molecule has 0 spiro atoms. The summed E-state index contributed by atoms with van der Waals surface area (Å²) in [6, 6.07) is 18.1. The molecule has 0 unspecified atom stereocenters. The fraction of sp³-hybridized carbons (Fsp3) is 0.0909. The quantitative estimate of drug-likeness (QED) is 0.314. The summed E-state index contributed by atoms with van der Waals surface area (Å²) in [5.74, 6) is 0.347. The Labute approximate surface area is 183 Å². The third-order valence-corrected chi connectivity index (χ3v) is 4.47. The van der Waals surface area contributed by atoms with Crippen LogP contribution < -0.4 is 14.9 Å². The Morgan fingerprint density at radius 2 is 1.87 bits per heavy atom. The van der Waals surface area contributed by atoms with E-state index in [1.807, 2.05) is 12.1 Å². The number of hydrogen-bond donors (Lipinski definition) is 1. The van der Waals surface area contributed by atoms with Crippen molar-refractivity contribution < 1.29 is 19.2 Å². The number of nitro benzene ring substituents is 1. The number of hydrazone groups is 1. The Kier molecular flexibility index (Phi) is 7.18. The smallest absolute Gasteiger partial charge is 0.282 e. The molecule has 0 aliphatic carbocycles. The Hall–Kier alpha value is -3.91. The predicted molar refractivity (Wildman–Crippen MR) is 117 cm³/mol. The number of carbonyl (C=O) groups is 1. The molecule has 158 valence electrons. The van der Waals surface area contributed by atoms with Gasteiger partial charge in [-0.2, -0.15) is 5.10 Å². The number of nitrogens with one attached hydrogen (secondary N) is 1. The third kappa shape index (κ3) is 5.80. The van der Waals surface area contributed by atoms with Gasteiger partial charge in [0.1, 0.15) is 12.2 Å². The van der Waals surface area contributed by atoms with E-state index < -0.39 is 10.8 Å². The number of hydrogen-bond acceptors (Lipinski definition) is 6. The molecule has 9 heteroatoms. The van der Waals surface area contributed by atoms with Crippen LogP contribution in [0.15, 0.2) is 71.8 Å². The van der Waals surface area contributed by atoms with Gasteiger partial charge in [0.05, 0.1) is 18.2 Å². The molecule has 0 saturated heterocycles. The SMILES string of the molecule is COc1cc(/C=N\NC(=O)c2ccccc2[N+](=O)[O-])ccc1OCc1ccc(Cl)cc1. The number of nitrogens with zero attached hydrogens (tertiary/aromatic N) is 2. The van der Waals surface area contributed by atoms with E-state index in [0.29, 0.717) is 28.7 Å². The molecule has 0 radical (unpaired) electrons. The molecule has 8 nitrogen and oxygen atoms in total. The molecule has 0 fully saturated rings. The van der Waals surface area contributed by atoms with Gasteiger partial charge < -0.3 is 9.47 Å². The van der Waals surface area contributed by atoms with Crippen molar-refractivity contribution >= 4 is 29.4 Å². The molecule has 1 N–H and O–H groups in total. The maximum Gasteiger partial charge on any atom is 0.282 e. The van der Waals surface area contributed by atoms with Crippen LogP contribution in [0.1, 0.15) is 21.5 Å². The molecule has 1 amide bonds. The number of nitro groups is 1. The molecule has 0 aliphatic heterocycles. The van der Waals surface area contributed by atoms with E-state index >= 15 is 0 Å². The Morgan fingerprint density at radius 3 is 2.58 bits per heavy atom.